The van der Waals surface area contributed by atoms with Gasteiger partial charge in [0.1, 0.15) is 23.1 Å². The number of aromatic nitrogens is 1. The van der Waals surface area contributed by atoms with Crippen LogP contribution in [0.4, 0.5) is 4.79 Å². The molecule has 0 aliphatic rings. The topological polar surface area (TPSA) is 74.6 Å². The molecule has 6 nitrogen and oxygen atoms in total. The Hall–Kier alpha value is -2.28. The minimum atomic E-state index is -0.360. The number of rotatable bonds is 7. The van der Waals surface area contributed by atoms with Crippen molar-refractivity contribution in [3.8, 4) is 11.5 Å². The van der Waals surface area contributed by atoms with Crippen LogP contribution in [-0.4, -0.2) is 31.3 Å². The van der Waals surface area contributed by atoms with Crippen LogP contribution in [0, 0.1) is 0 Å². The molecule has 1 unspecified atom stereocenters. The Bertz CT molecular complexity index is 572. The van der Waals surface area contributed by atoms with Gasteiger partial charge in [-0.1, -0.05) is 0 Å². The molecule has 2 amide bonds. The third-order valence-corrected chi connectivity index (χ3v) is 3.79. The van der Waals surface area contributed by atoms with Gasteiger partial charge in [-0.25, -0.2) is 15.1 Å². The number of urea groups is 1. The van der Waals surface area contributed by atoms with E-state index >= 15 is 0 Å². The van der Waals surface area contributed by atoms with E-state index in [2.05, 4.69) is 15.6 Å². The molecule has 0 spiro atoms. The van der Waals surface area contributed by atoms with Gasteiger partial charge in [-0.15, -0.1) is 11.3 Å². The largest absolute Gasteiger partial charge is 0.497 e. The molecule has 117 valence electrons. The van der Waals surface area contributed by atoms with Gasteiger partial charge < -0.3 is 14.8 Å². The van der Waals surface area contributed by atoms with Crippen LogP contribution in [0.3, 0.4) is 0 Å². The Balaban J connectivity index is 1.64. The highest BCUT2D eigenvalue weighted by molar-refractivity contribution is 7.09. The fourth-order valence-electron chi connectivity index (χ4n) is 1.72. The van der Waals surface area contributed by atoms with E-state index in [-0.39, 0.29) is 12.1 Å². The SMILES string of the molecule is COc1ccc(OCC[N]C(=O)NC(C)c2nccs2)cc1. The summed E-state index contributed by atoms with van der Waals surface area (Å²) in [7, 11) is 1.61. The molecule has 0 saturated carbocycles. The van der Waals surface area contributed by atoms with Crippen molar-refractivity contribution in [3.05, 3.63) is 40.8 Å². The average Bonchev–Trinajstić information content (AvgIpc) is 3.06. The van der Waals surface area contributed by atoms with E-state index in [4.69, 9.17) is 9.47 Å². The maximum Gasteiger partial charge on any atom is 0.337 e. The van der Waals surface area contributed by atoms with E-state index in [1.54, 1.807) is 13.3 Å². The van der Waals surface area contributed by atoms with E-state index in [1.165, 1.54) is 11.3 Å². The highest BCUT2D eigenvalue weighted by Crippen LogP contribution is 2.17. The van der Waals surface area contributed by atoms with E-state index in [9.17, 15) is 4.79 Å². The minimum absolute atomic E-state index is 0.140. The Morgan fingerprint density at radius 1 is 1.36 bits per heavy atom. The number of hydrogen-bond donors (Lipinski definition) is 1. The Labute approximate surface area is 133 Å². The van der Waals surface area contributed by atoms with Gasteiger partial charge in [0.2, 0.25) is 0 Å². The molecule has 0 fully saturated rings. The Morgan fingerprint density at radius 2 is 2.09 bits per heavy atom. The van der Waals surface area contributed by atoms with Gasteiger partial charge in [-0.05, 0) is 31.2 Å². The molecule has 1 heterocycles. The van der Waals surface area contributed by atoms with E-state index < -0.39 is 0 Å². The summed E-state index contributed by atoms with van der Waals surface area (Å²) in [4.78, 5) is 15.8. The second-order valence-corrected chi connectivity index (χ2v) is 5.37. The number of ether oxygens (including phenoxy) is 2. The summed E-state index contributed by atoms with van der Waals surface area (Å²) < 4.78 is 10.6. The number of amides is 2. The van der Waals surface area contributed by atoms with Gasteiger partial charge in [0.15, 0.2) is 0 Å². The minimum Gasteiger partial charge on any atom is -0.497 e. The monoisotopic (exact) mass is 320 g/mol. The molecule has 0 saturated heterocycles. The number of thiazole rings is 1. The summed E-state index contributed by atoms with van der Waals surface area (Å²) in [5, 5.41) is 9.40. The van der Waals surface area contributed by atoms with Crippen LogP contribution < -0.4 is 20.1 Å². The van der Waals surface area contributed by atoms with Gasteiger partial charge in [-0.3, -0.25) is 0 Å². The van der Waals surface area contributed by atoms with Crippen LogP contribution in [0.25, 0.3) is 0 Å². The zero-order valence-corrected chi connectivity index (χ0v) is 13.3. The molecule has 1 atom stereocenters. The van der Waals surface area contributed by atoms with Gasteiger partial charge in [0.05, 0.1) is 19.7 Å². The normalized spacial score (nSPS) is 11.5. The number of carbonyl (C=O) groups excluding carboxylic acids is 1. The predicted molar refractivity (Wildman–Crippen MR) is 84.6 cm³/mol. The van der Waals surface area contributed by atoms with E-state index in [1.807, 2.05) is 36.6 Å². The maximum atomic E-state index is 11.7. The number of hydrogen-bond acceptors (Lipinski definition) is 5. The number of benzene rings is 1. The predicted octanol–water partition coefficient (Wildman–Crippen LogP) is 2.61. The van der Waals surface area contributed by atoms with Crippen LogP contribution >= 0.6 is 11.3 Å². The molecular weight excluding hydrogens is 302 g/mol. The van der Waals surface area contributed by atoms with Gasteiger partial charge in [-0.2, -0.15) is 0 Å². The van der Waals surface area contributed by atoms with Crippen molar-refractivity contribution >= 4 is 17.4 Å². The lowest BCUT2D eigenvalue weighted by molar-refractivity contribution is 0.232. The van der Waals surface area contributed by atoms with Crippen molar-refractivity contribution in [1.82, 2.24) is 15.6 Å². The van der Waals surface area contributed by atoms with Gasteiger partial charge in [0.25, 0.3) is 0 Å². The van der Waals surface area contributed by atoms with Crippen molar-refractivity contribution in [2.45, 2.75) is 13.0 Å². The highest BCUT2D eigenvalue weighted by atomic mass is 32.1. The first-order valence-electron chi connectivity index (χ1n) is 6.83. The summed E-state index contributed by atoms with van der Waals surface area (Å²) in [6.07, 6.45) is 1.71. The third kappa shape index (κ3) is 4.92. The van der Waals surface area contributed by atoms with Crippen molar-refractivity contribution < 1.29 is 14.3 Å². The zero-order chi connectivity index (χ0) is 15.8. The summed E-state index contributed by atoms with van der Waals surface area (Å²) in [5.41, 5.74) is 0. The Kier molecular flexibility index (Phi) is 6.02. The summed E-state index contributed by atoms with van der Waals surface area (Å²) in [6.45, 7) is 2.51. The van der Waals surface area contributed by atoms with Crippen molar-refractivity contribution in [2.75, 3.05) is 20.3 Å². The number of nitrogens with one attached hydrogen (secondary N) is 1. The lowest BCUT2D eigenvalue weighted by Gasteiger charge is -2.11. The summed E-state index contributed by atoms with van der Waals surface area (Å²) in [6, 6.07) is 6.75. The number of methoxy groups -OCH3 is 1. The third-order valence-electron chi connectivity index (χ3n) is 2.84. The van der Waals surface area contributed by atoms with Crippen LogP contribution in [0.5, 0.6) is 11.5 Å². The molecule has 2 rings (SSSR count). The standard InChI is InChI=1S/C15H18N3O3S/c1-11(14-16-8-10-22-14)18-15(19)17-7-9-21-13-5-3-12(20-2)4-6-13/h3-6,8,10-11H,7,9H2,1-2H3,(H,18,19). The molecule has 1 N–H and O–H groups in total. The molecule has 2 aromatic rings. The highest BCUT2D eigenvalue weighted by Gasteiger charge is 2.11. The lowest BCUT2D eigenvalue weighted by Crippen LogP contribution is -2.34. The Morgan fingerprint density at radius 3 is 2.73 bits per heavy atom. The zero-order valence-electron chi connectivity index (χ0n) is 12.5. The van der Waals surface area contributed by atoms with Crippen LogP contribution in [0.15, 0.2) is 35.8 Å². The van der Waals surface area contributed by atoms with Crippen molar-refractivity contribution in [2.24, 2.45) is 0 Å². The van der Waals surface area contributed by atoms with E-state index in [0.717, 1.165) is 10.8 Å². The summed E-state index contributed by atoms with van der Waals surface area (Å²) >= 11 is 1.50. The van der Waals surface area contributed by atoms with E-state index in [0.29, 0.717) is 18.9 Å². The second kappa shape index (κ2) is 8.23. The summed E-state index contributed by atoms with van der Waals surface area (Å²) in [5.74, 6) is 1.49. The van der Waals surface area contributed by atoms with Crippen LogP contribution in [0.2, 0.25) is 0 Å². The van der Waals surface area contributed by atoms with Crippen molar-refractivity contribution in [1.29, 1.82) is 0 Å². The molecule has 1 aromatic heterocycles. The molecule has 1 radical (unpaired) electrons. The van der Waals surface area contributed by atoms with Crippen molar-refractivity contribution in [3.63, 3.8) is 0 Å². The second-order valence-electron chi connectivity index (χ2n) is 4.45. The van der Waals surface area contributed by atoms with Gasteiger partial charge >= 0.3 is 6.03 Å². The molecule has 0 aliphatic heterocycles. The smallest absolute Gasteiger partial charge is 0.337 e. The average molecular weight is 320 g/mol. The first-order valence-corrected chi connectivity index (χ1v) is 7.71. The fourth-order valence-corrected chi connectivity index (χ4v) is 2.37. The molecule has 7 heteroatoms. The lowest BCUT2D eigenvalue weighted by atomic mass is 10.3. The van der Waals surface area contributed by atoms with Crippen LogP contribution in [0.1, 0.15) is 18.0 Å². The van der Waals surface area contributed by atoms with Crippen LogP contribution in [-0.2, 0) is 0 Å². The molecule has 1 aromatic carbocycles. The first-order chi connectivity index (χ1) is 10.7. The molecule has 0 bridgehead atoms. The number of nitrogens with zero attached hydrogens (tertiary/aromatic N) is 2. The maximum absolute atomic E-state index is 11.7. The molecular formula is C15H18N3O3S. The van der Waals surface area contributed by atoms with Gasteiger partial charge in [0, 0.05) is 11.6 Å². The molecule has 22 heavy (non-hydrogen) atoms. The first kappa shape index (κ1) is 16.1. The molecule has 0 aliphatic carbocycles. The quantitative estimate of drug-likeness (QED) is 0.796. The fraction of sp³-hybridized carbons (Fsp3) is 0.333. The number of carbonyl (C=O) groups is 1.